The van der Waals surface area contributed by atoms with Crippen molar-refractivity contribution in [3.63, 3.8) is 0 Å². The number of esters is 1. The number of hydrogen-bond donors (Lipinski definition) is 0. The molecule has 1 aliphatic rings. The average molecular weight is 222 g/mol. The van der Waals surface area contributed by atoms with Crippen LogP contribution in [-0.2, 0) is 9.53 Å². The van der Waals surface area contributed by atoms with Crippen molar-refractivity contribution in [3.8, 4) is 0 Å². The van der Waals surface area contributed by atoms with Gasteiger partial charge in [0, 0.05) is 0 Å². The second-order valence-electron chi connectivity index (χ2n) is 4.92. The summed E-state index contributed by atoms with van der Waals surface area (Å²) in [5.74, 6) is 0.347. The van der Waals surface area contributed by atoms with Crippen LogP contribution in [0, 0.1) is 11.3 Å². The molecule has 16 heavy (non-hydrogen) atoms. The highest BCUT2D eigenvalue weighted by Gasteiger charge is 2.39. The average Bonchev–Trinajstić information content (AvgIpc) is 2.28. The number of ether oxygens (including phenoxy) is 1. The molecule has 0 aromatic rings. The normalized spacial score (nSPS) is 30.3. The number of methoxy groups -OCH3 is 1. The van der Waals surface area contributed by atoms with E-state index in [1.54, 1.807) is 0 Å². The highest BCUT2D eigenvalue weighted by molar-refractivity contribution is 5.76. The second-order valence-corrected chi connectivity index (χ2v) is 4.92. The monoisotopic (exact) mass is 222 g/mol. The van der Waals surface area contributed by atoms with Gasteiger partial charge in [0.25, 0.3) is 0 Å². The van der Waals surface area contributed by atoms with Gasteiger partial charge < -0.3 is 4.74 Å². The summed E-state index contributed by atoms with van der Waals surface area (Å²) in [7, 11) is 1.47. The lowest BCUT2D eigenvalue weighted by Gasteiger charge is -2.36. The van der Waals surface area contributed by atoms with Crippen molar-refractivity contribution in [1.29, 1.82) is 0 Å². The quantitative estimate of drug-likeness (QED) is 0.539. The van der Waals surface area contributed by atoms with E-state index in [9.17, 15) is 4.79 Å². The van der Waals surface area contributed by atoms with Crippen molar-refractivity contribution in [2.24, 2.45) is 11.3 Å². The van der Waals surface area contributed by atoms with Crippen molar-refractivity contribution in [2.75, 3.05) is 7.11 Å². The molecule has 90 valence electrons. The number of carbonyl (C=O) groups is 1. The molecule has 0 saturated heterocycles. The first-order chi connectivity index (χ1) is 7.53. The maximum Gasteiger partial charge on any atom is 0.311 e. The molecule has 0 aliphatic heterocycles. The molecule has 0 radical (unpaired) electrons. The Kier molecular flexibility index (Phi) is 4.34. The summed E-state index contributed by atoms with van der Waals surface area (Å²) < 4.78 is 4.89. The largest absolute Gasteiger partial charge is 0.469 e. The third kappa shape index (κ3) is 2.75. The van der Waals surface area contributed by atoms with Crippen LogP contribution in [0.2, 0.25) is 0 Å². The van der Waals surface area contributed by atoms with E-state index < -0.39 is 0 Å². The van der Waals surface area contributed by atoms with Crippen molar-refractivity contribution in [2.45, 2.75) is 39.5 Å². The van der Waals surface area contributed by atoms with Crippen LogP contribution in [0.5, 0.6) is 0 Å². The number of carbonyl (C=O) groups excluding carboxylic acids is 1. The van der Waals surface area contributed by atoms with Crippen molar-refractivity contribution >= 4 is 5.97 Å². The maximum absolute atomic E-state index is 11.7. The van der Waals surface area contributed by atoms with E-state index in [1.165, 1.54) is 7.11 Å². The van der Waals surface area contributed by atoms with E-state index in [0.29, 0.717) is 5.92 Å². The molecule has 0 bridgehead atoms. The SMILES string of the molecule is C=C(/C=C/C)C1CCC[C@@](C)(C(=O)OC)C1. The Morgan fingerprint density at radius 3 is 2.81 bits per heavy atom. The summed E-state index contributed by atoms with van der Waals surface area (Å²) in [6, 6.07) is 0. The molecule has 1 fully saturated rings. The maximum atomic E-state index is 11.7. The molecule has 1 saturated carbocycles. The summed E-state index contributed by atoms with van der Waals surface area (Å²) in [6.45, 7) is 8.08. The fraction of sp³-hybridized carbons (Fsp3) is 0.643. The van der Waals surface area contributed by atoms with Crippen molar-refractivity contribution < 1.29 is 9.53 Å². The van der Waals surface area contributed by atoms with Crippen molar-refractivity contribution in [1.82, 2.24) is 0 Å². The summed E-state index contributed by atoms with van der Waals surface area (Å²) in [5, 5.41) is 0. The minimum absolute atomic E-state index is 0.0783. The Bertz CT molecular complexity index is 304. The molecule has 2 heteroatoms. The highest BCUT2D eigenvalue weighted by atomic mass is 16.5. The van der Waals surface area contributed by atoms with Gasteiger partial charge in [-0.05, 0) is 39.0 Å². The zero-order valence-electron chi connectivity index (χ0n) is 10.6. The highest BCUT2D eigenvalue weighted by Crippen LogP contribution is 2.42. The van der Waals surface area contributed by atoms with Crippen LogP contribution in [0.15, 0.2) is 24.3 Å². The Hall–Kier alpha value is -1.05. The molecule has 1 rings (SSSR count). The number of hydrogen-bond acceptors (Lipinski definition) is 2. The van der Waals surface area contributed by atoms with E-state index in [-0.39, 0.29) is 11.4 Å². The van der Waals surface area contributed by atoms with Gasteiger partial charge in [0.05, 0.1) is 12.5 Å². The lowest BCUT2D eigenvalue weighted by atomic mass is 9.69. The first kappa shape index (κ1) is 13.0. The van der Waals surface area contributed by atoms with Crippen molar-refractivity contribution in [3.05, 3.63) is 24.3 Å². The van der Waals surface area contributed by atoms with E-state index in [0.717, 1.165) is 31.3 Å². The third-order valence-electron chi connectivity index (χ3n) is 3.56. The molecule has 0 N–H and O–H groups in total. The standard InChI is InChI=1S/C14H22O2/c1-5-7-11(2)12-8-6-9-14(3,10-12)13(15)16-4/h5,7,12H,2,6,8-10H2,1,3-4H3/b7-5+/t12?,14-/m1/s1. The van der Waals surface area contributed by atoms with Crippen LogP contribution < -0.4 is 0 Å². The van der Waals surface area contributed by atoms with Gasteiger partial charge in [0.2, 0.25) is 0 Å². The van der Waals surface area contributed by atoms with Crippen LogP contribution in [-0.4, -0.2) is 13.1 Å². The molecule has 1 aliphatic carbocycles. The zero-order valence-corrected chi connectivity index (χ0v) is 10.6. The van der Waals surface area contributed by atoms with Gasteiger partial charge in [-0.2, -0.15) is 0 Å². The van der Waals surface area contributed by atoms with Gasteiger partial charge in [0.15, 0.2) is 0 Å². The molecular weight excluding hydrogens is 200 g/mol. The molecule has 2 atom stereocenters. The molecule has 0 spiro atoms. The van der Waals surface area contributed by atoms with Gasteiger partial charge in [-0.15, -0.1) is 0 Å². The van der Waals surface area contributed by atoms with E-state index in [4.69, 9.17) is 4.74 Å². The van der Waals surface area contributed by atoms with Gasteiger partial charge in [0.1, 0.15) is 0 Å². The van der Waals surface area contributed by atoms with Crippen LogP contribution in [0.3, 0.4) is 0 Å². The summed E-state index contributed by atoms with van der Waals surface area (Å²) in [6.07, 6.45) is 8.06. The molecule has 1 unspecified atom stereocenters. The van der Waals surface area contributed by atoms with Gasteiger partial charge in [-0.25, -0.2) is 0 Å². The van der Waals surface area contributed by atoms with Gasteiger partial charge >= 0.3 is 5.97 Å². The van der Waals surface area contributed by atoms with Crippen LogP contribution in [0.4, 0.5) is 0 Å². The zero-order chi connectivity index (χ0) is 12.2. The summed E-state index contributed by atoms with van der Waals surface area (Å²) in [4.78, 5) is 11.7. The first-order valence-electron chi connectivity index (χ1n) is 5.93. The molecular formula is C14H22O2. The van der Waals surface area contributed by atoms with Crippen LogP contribution in [0.1, 0.15) is 39.5 Å². The first-order valence-corrected chi connectivity index (χ1v) is 5.93. The summed E-state index contributed by atoms with van der Waals surface area (Å²) in [5.41, 5.74) is 0.819. The second kappa shape index (κ2) is 5.33. The minimum Gasteiger partial charge on any atom is -0.469 e. The van der Waals surface area contributed by atoms with Gasteiger partial charge in [-0.1, -0.05) is 30.7 Å². The predicted molar refractivity (Wildman–Crippen MR) is 66.0 cm³/mol. The van der Waals surface area contributed by atoms with E-state index in [2.05, 4.69) is 6.58 Å². The van der Waals surface area contributed by atoms with Gasteiger partial charge in [-0.3, -0.25) is 4.79 Å². The lowest BCUT2D eigenvalue weighted by Crippen LogP contribution is -2.35. The fourth-order valence-electron chi connectivity index (χ4n) is 2.59. The Labute approximate surface area is 98.4 Å². The number of allylic oxidation sites excluding steroid dienone is 3. The minimum atomic E-state index is -0.317. The topological polar surface area (TPSA) is 26.3 Å². The Morgan fingerprint density at radius 2 is 2.25 bits per heavy atom. The molecule has 2 nitrogen and oxygen atoms in total. The summed E-state index contributed by atoms with van der Waals surface area (Å²) >= 11 is 0. The van der Waals surface area contributed by atoms with E-state index >= 15 is 0 Å². The number of rotatable bonds is 3. The lowest BCUT2D eigenvalue weighted by molar-refractivity contribution is -0.154. The van der Waals surface area contributed by atoms with E-state index in [1.807, 2.05) is 26.0 Å². The third-order valence-corrected chi connectivity index (χ3v) is 3.56. The molecule has 0 amide bonds. The molecule has 0 aromatic heterocycles. The fourth-order valence-corrected chi connectivity index (χ4v) is 2.59. The Balaban J connectivity index is 2.73. The predicted octanol–water partition coefficient (Wildman–Crippen LogP) is 3.49. The van der Waals surface area contributed by atoms with Crippen LogP contribution in [0.25, 0.3) is 0 Å². The van der Waals surface area contributed by atoms with Crippen LogP contribution >= 0.6 is 0 Å². The Morgan fingerprint density at radius 1 is 1.56 bits per heavy atom. The molecule has 0 heterocycles. The smallest absolute Gasteiger partial charge is 0.311 e. The molecule has 0 aromatic carbocycles.